The van der Waals surface area contributed by atoms with Gasteiger partial charge in [0.15, 0.2) is 0 Å². The van der Waals surface area contributed by atoms with Crippen molar-refractivity contribution >= 4 is 5.91 Å². The van der Waals surface area contributed by atoms with Gasteiger partial charge in [0.1, 0.15) is 11.5 Å². The number of benzene rings is 3. The fourth-order valence-electron chi connectivity index (χ4n) is 4.09. The topological polar surface area (TPSA) is 49.0 Å². The molecule has 30 heavy (non-hydrogen) atoms. The van der Waals surface area contributed by atoms with Crippen LogP contribution in [0.2, 0.25) is 0 Å². The Balaban J connectivity index is 1.64. The van der Waals surface area contributed by atoms with Gasteiger partial charge in [-0.2, -0.15) is 5.10 Å². The number of carbonyl (C=O) groups is 1. The molecule has 0 saturated heterocycles. The van der Waals surface area contributed by atoms with Crippen molar-refractivity contribution in [2.45, 2.75) is 19.5 Å². The summed E-state index contributed by atoms with van der Waals surface area (Å²) in [5.41, 5.74) is 5.82. The van der Waals surface area contributed by atoms with Crippen LogP contribution >= 0.6 is 0 Å². The van der Waals surface area contributed by atoms with Gasteiger partial charge in [0.05, 0.1) is 11.7 Å². The molecule has 148 valence electrons. The molecule has 0 bridgehead atoms. The average molecular weight is 397 g/mol. The van der Waals surface area contributed by atoms with Gasteiger partial charge in [-0.1, -0.05) is 72.3 Å². The van der Waals surface area contributed by atoms with E-state index in [4.69, 9.17) is 0 Å². The molecule has 1 aromatic heterocycles. The third kappa shape index (κ3) is 3.08. The first-order valence-electron chi connectivity index (χ1n) is 9.87. The highest BCUT2D eigenvalue weighted by molar-refractivity contribution is 6.00. The van der Waals surface area contributed by atoms with E-state index in [1.54, 1.807) is 11.0 Å². The lowest BCUT2D eigenvalue weighted by atomic mass is 9.96. The summed E-state index contributed by atoms with van der Waals surface area (Å²) in [6, 6.07) is 23.9. The lowest BCUT2D eigenvalue weighted by molar-refractivity contribution is 0.0730. The van der Waals surface area contributed by atoms with Crippen molar-refractivity contribution in [3.8, 4) is 11.3 Å². The number of H-pyrrole nitrogens is 1. The first kappa shape index (κ1) is 18.3. The molecular formula is C25H20FN3O. The Morgan fingerprint density at radius 3 is 2.50 bits per heavy atom. The molecule has 3 aromatic carbocycles. The van der Waals surface area contributed by atoms with Gasteiger partial charge in [-0.3, -0.25) is 9.89 Å². The number of rotatable bonds is 4. The zero-order valence-electron chi connectivity index (χ0n) is 16.5. The number of aromatic amines is 1. The minimum Gasteiger partial charge on any atom is -0.322 e. The molecule has 1 aliphatic heterocycles. The van der Waals surface area contributed by atoms with E-state index in [-0.39, 0.29) is 11.7 Å². The largest absolute Gasteiger partial charge is 0.322 e. The molecule has 1 aliphatic rings. The van der Waals surface area contributed by atoms with Gasteiger partial charge in [0, 0.05) is 17.7 Å². The highest BCUT2D eigenvalue weighted by Crippen LogP contribution is 2.43. The minimum atomic E-state index is -0.418. The Bertz CT molecular complexity index is 1210. The van der Waals surface area contributed by atoms with Gasteiger partial charge in [-0.25, -0.2) is 4.39 Å². The number of hydrogen-bond acceptors (Lipinski definition) is 2. The first-order valence-corrected chi connectivity index (χ1v) is 9.87. The second-order valence-electron chi connectivity index (χ2n) is 7.60. The van der Waals surface area contributed by atoms with Gasteiger partial charge in [0.25, 0.3) is 5.91 Å². The van der Waals surface area contributed by atoms with Crippen molar-refractivity contribution in [2.75, 3.05) is 0 Å². The van der Waals surface area contributed by atoms with E-state index in [1.807, 2.05) is 67.6 Å². The highest BCUT2D eigenvalue weighted by atomic mass is 19.1. The van der Waals surface area contributed by atoms with E-state index in [2.05, 4.69) is 10.2 Å². The predicted octanol–water partition coefficient (Wildman–Crippen LogP) is 5.27. The summed E-state index contributed by atoms with van der Waals surface area (Å²) in [6.07, 6.45) is 0. The monoisotopic (exact) mass is 397 g/mol. The SMILES string of the molecule is Cc1ccc(CN2C(=O)c3[nH]nc(-c4ccccc4)c3C2c2cccc(F)c2)cc1. The van der Waals surface area contributed by atoms with Crippen molar-refractivity contribution in [2.24, 2.45) is 0 Å². The number of nitrogens with zero attached hydrogens (tertiary/aromatic N) is 2. The maximum atomic E-state index is 14.1. The Labute approximate surface area is 174 Å². The van der Waals surface area contributed by atoms with Crippen LogP contribution in [0.5, 0.6) is 0 Å². The highest BCUT2D eigenvalue weighted by Gasteiger charge is 2.42. The Morgan fingerprint density at radius 2 is 1.77 bits per heavy atom. The van der Waals surface area contributed by atoms with Gasteiger partial charge < -0.3 is 4.90 Å². The van der Waals surface area contributed by atoms with Crippen LogP contribution in [-0.4, -0.2) is 21.0 Å². The fourth-order valence-corrected chi connectivity index (χ4v) is 4.09. The minimum absolute atomic E-state index is 0.130. The normalized spacial score (nSPS) is 15.5. The van der Waals surface area contributed by atoms with Crippen LogP contribution in [0.15, 0.2) is 78.9 Å². The van der Waals surface area contributed by atoms with Crippen molar-refractivity contribution in [3.63, 3.8) is 0 Å². The molecule has 0 radical (unpaired) electrons. The molecular weight excluding hydrogens is 377 g/mol. The summed E-state index contributed by atoms with van der Waals surface area (Å²) in [4.78, 5) is 15.1. The summed E-state index contributed by atoms with van der Waals surface area (Å²) in [5.74, 6) is -0.456. The molecule has 2 heterocycles. The van der Waals surface area contributed by atoms with Crippen LogP contribution in [0, 0.1) is 12.7 Å². The number of hydrogen-bond donors (Lipinski definition) is 1. The zero-order valence-corrected chi connectivity index (χ0v) is 16.5. The quantitative estimate of drug-likeness (QED) is 0.510. The van der Waals surface area contributed by atoms with E-state index < -0.39 is 6.04 Å². The van der Waals surface area contributed by atoms with Gasteiger partial charge >= 0.3 is 0 Å². The number of halogens is 1. The summed E-state index contributed by atoms with van der Waals surface area (Å²) < 4.78 is 14.1. The number of fused-ring (bicyclic) bond motifs is 1. The average Bonchev–Trinajstić information content (AvgIpc) is 3.30. The standard InChI is InChI=1S/C25H20FN3O/c1-16-10-12-17(13-11-16)15-29-24(19-8-5-9-20(26)14-19)21-22(18-6-3-2-4-7-18)27-28-23(21)25(29)30/h2-14,24H,15H2,1H3,(H,27,28). The number of carbonyl (C=O) groups excluding carboxylic acids is 1. The molecule has 0 fully saturated rings. The number of aromatic nitrogens is 2. The van der Waals surface area contributed by atoms with E-state index in [0.29, 0.717) is 12.2 Å². The van der Waals surface area contributed by atoms with E-state index in [1.165, 1.54) is 12.1 Å². The molecule has 4 aromatic rings. The van der Waals surface area contributed by atoms with Crippen molar-refractivity contribution in [1.29, 1.82) is 0 Å². The Kier molecular flexibility index (Phi) is 4.43. The molecule has 5 rings (SSSR count). The first-order chi connectivity index (χ1) is 14.6. The zero-order chi connectivity index (χ0) is 20.7. The maximum absolute atomic E-state index is 14.1. The summed E-state index contributed by atoms with van der Waals surface area (Å²) in [6.45, 7) is 2.46. The van der Waals surface area contributed by atoms with Crippen LogP contribution in [-0.2, 0) is 6.54 Å². The van der Waals surface area contributed by atoms with Crippen LogP contribution in [0.4, 0.5) is 4.39 Å². The summed E-state index contributed by atoms with van der Waals surface area (Å²) in [7, 11) is 0. The van der Waals surface area contributed by atoms with Crippen LogP contribution in [0.3, 0.4) is 0 Å². The molecule has 0 spiro atoms. The van der Waals surface area contributed by atoms with Gasteiger partial charge in [-0.15, -0.1) is 0 Å². The maximum Gasteiger partial charge on any atom is 0.273 e. The smallest absolute Gasteiger partial charge is 0.273 e. The number of nitrogens with one attached hydrogen (secondary N) is 1. The van der Waals surface area contributed by atoms with Crippen LogP contribution in [0.25, 0.3) is 11.3 Å². The van der Waals surface area contributed by atoms with Crippen molar-refractivity contribution in [1.82, 2.24) is 15.1 Å². The summed E-state index contributed by atoms with van der Waals surface area (Å²) in [5, 5.41) is 7.38. The second kappa shape index (κ2) is 7.26. The van der Waals surface area contributed by atoms with E-state index in [9.17, 15) is 9.18 Å². The molecule has 1 unspecified atom stereocenters. The van der Waals surface area contributed by atoms with Crippen molar-refractivity contribution in [3.05, 3.63) is 113 Å². The third-order valence-electron chi connectivity index (χ3n) is 5.55. The predicted molar refractivity (Wildman–Crippen MR) is 113 cm³/mol. The number of aryl methyl sites for hydroxylation is 1. The number of amides is 1. The van der Waals surface area contributed by atoms with E-state index >= 15 is 0 Å². The molecule has 0 aliphatic carbocycles. The van der Waals surface area contributed by atoms with Gasteiger partial charge in [-0.05, 0) is 30.2 Å². The van der Waals surface area contributed by atoms with Crippen molar-refractivity contribution < 1.29 is 9.18 Å². The lowest BCUT2D eigenvalue weighted by Gasteiger charge is -2.26. The van der Waals surface area contributed by atoms with Crippen LogP contribution in [0.1, 0.15) is 38.8 Å². The molecule has 1 N–H and O–H groups in total. The molecule has 5 heteroatoms. The molecule has 1 amide bonds. The Morgan fingerprint density at radius 1 is 1.00 bits per heavy atom. The Hall–Kier alpha value is -3.73. The second-order valence-corrected chi connectivity index (χ2v) is 7.60. The molecule has 0 saturated carbocycles. The molecule has 1 atom stereocenters. The molecule has 4 nitrogen and oxygen atoms in total. The van der Waals surface area contributed by atoms with E-state index in [0.717, 1.165) is 33.5 Å². The summed E-state index contributed by atoms with van der Waals surface area (Å²) >= 11 is 0. The lowest BCUT2D eigenvalue weighted by Crippen LogP contribution is -2.29. The van der Waals surface area contributed by atoms with Gasteiger partial charge in [0.2, 0.25) is 0 Å². The third-order valence-corrected chi connectivity index (χ3v) is 5.55. The van der Waals surface area contributed by atoms with Crippen LogP contribution < -0.4 is 0 Å². The fraction of sp³-hybridized carbons (Fsp3) is 0.120.